The van der Waals surface area contributed by atoms with Crippen molar-refractivity contribution < 1.29 is 13.6 Å². The third-order valence-corrected chi connectivity index (χ3v) is 3.67. The molecule has 0 unspecified atom stereocenters. The molecule has 1 rings (SSSR count). The van der Waals surface area contributed by atoms with Crippen LogP contribution in [0.1, 0.15) is 6.42 Å². The maximum atomic E-state index is 12.2. The molecule has 1 aliphatic heterocycles. The molecule has 1 atom stereocenters. The number of thioether (sulfide) groups is 1. The van der Waals surface area contributed by atoms with E-state index in [1.165, 1.54) is 0 Å². The molecule has 4 nitrogen and oxygen atoms in total. The first-order valence-electron chi connectivity index (χ1n) is 6.08. The van der Waals surface area contributed by atoms with Crippen LogP contribution in [0.25, 0.3) is 0 Å². The van der Waals surface area contributed by atoms with Crippen molar-refractivity contribution in [2.75, 3.05) is 44.7 Å². The Morgan fingerprint density at radius 2 is 1.89 bits per heavy atom. The van der Waals surface area contributed by atoms with Gasteiger partial charge in [-0.15, -0.1) is 12.4 Å². The Kier molecular flexibility index (Phi) is 9.68. The van der Waals surface area contributed by atoms with Crippen molar-refractivity contribution in [3.8, 4) is 0 Å². The summed E-state index contributed by atoms with van der Waals surface area (Å²) in [6.07, 6.45) is 0.327. The number of rotatable bonds is 6. The Morgan fingerprint density at radius 1 is 1.32 bits per heavy atom. The second-order valence-corrected chi connectivity index (χ2v) is 5.39. The average molecular weight is 318 g/mol. The van der Waals surface area contributed by atoms with Crippen LogP contribution >= 0.6 is 24.2 Å². The Bertz CT molecular complexity index is 266. The molecule has 8 heteroatoms. The molecule has 0 aromatic rings. The number of hydrogen-bond acceptors (Lipinski definition) is 4. The number of piperazine rings is 1. The minimum atomic E-state index is -2.31. The molecular formula is C11H22ClF2N3OS. The zero-order valence-corrected chi connectivity index (χ0v) is 12.7. The van der Waals surface area contributed by atoms with Crippen molar-refractivity contribution in [3.05, 3.63) is 0 Å². The fourth-order valence-electron chi connectivity index (χ4n) is 1.95. The molecule has 1 saturated heterocycles. The van der Waals surface area contributed by atoms with Gasteiger partial charge in [0, 0.05) is 26.2 Å². The fourth-order valence-corrected chi connectivity index (χ4v) is 2.44. The number of nitrogens with two attached hydrogens (primary N) is 1. The van der Waals surface area contributed by atoms with Gasteiger partial charge < -0.3 is 10.6 Å². The molecule has 1 heterocycles. The van der Waals surface area contributed by atoms with Gasteiger partial charge in [0.05, 0.1) is 12.6 Å². The van der Waals surface area contributed by atoms with E-state index < -0.39 is 12.5 Å². The van der Waals surface area contributed by atoms with Crippen LogP contribution in [-0.2, 0) is 4.79 Å². The minimum absolute atomic E-state index is 0. The standard InChI is InChI=1S/C11H21F2N3OS.ClH/c1-18-7-2-9(14)11(17)16-5-3-15(4-6-16)8-10(12)13;/h9-10H,2-8,14H2,1H3;1H/t9-;/m0./s1. The number of amides is 1. The normalized spacial score (nSPS) is 18.3. The van der Waals surface area contributed by atoms with Crippen molar-refractivity contribution in [2.45, 2.75) is 18.9 Å². The summed E-state index contributed by atoms with van der Waals surface area (Å²) in [5, 5.41) is 0. The largest absolute Gasteiger partial charge is 0.339 e. The summed E-state index contributed by atoms with van der Waals surface area (Å²) in [6.45, 7) is 1.80. The van der Waals surface area contributed by atoms with Crippen LogP contribution in [0, 0.1) is 0 Å². The maximum absolute atomic E-state index is 12.2. The van der Waals surface area contributed by atoms with Crippen molar-refractivity contribution in [3.63, 3.8) is 0 Å². The Labute approximate surface area is 123 Å². The highest BCUT2D eigenvalue weighted by molar-refractivity contribution is 7.98. The number of halogens is 3. The molecule has 1 amide bonds. The lowest BCUT2D eigenvalue weighted by molar-refractivity contribution is -0.134. The van der Waals surface area contributed by atoms with E-state index in [9.17, 15) is 13.6 Å². The second-order valence-electron chi connectivity index (χ2n) is 4.40. The molecule has 0 saturated carbocycles. The average Bonchev–Trinajstić information content (AvgIpc) is 2.35. The molecular weight excluding hydrogens is 296 g/mol. The lowest BCUT2D eigenvalue weighted by atomic mass is 10.2. The van der Waals surface area contributed by atoms with Gasteiger partial charge >= 0.3 is 0 Å². The number of carbonyl (C=O) groups excluding carboxylic acids is 1. The van der Waals surface area contributed by atoms with E-state index in [2.05, 4.69) is 0 Å². The molecule has 1 aliphatic rings. The first-order chi connectivity index (χ1) is 8.54. The molecule has 0 spiro atoms. The third kappa shape index (κ3) is 6.74. The highest BCUT2D eigenvalue weighted by atomic mass is 35.5. The van der Waals surface area contributed by atoms with Crippen molar-refractivity contribution >= 4 is 30.1 Å². The Hall–Kier alpha value is -0.110. The van der Waals surface area contributed by atoms with Gasteiger partial charge in [0.15, 0.2) is 0 Å². The smallest absolute Gasteiger partial charge is 0.251 e. The van der Waals surface area contributed by atoms with E-state index in [0.717, 1.165) is 5.75 Å². The van der Waals surface area contributed by atoms with Gasteiger partial charge in [-0.2, -0.15) is 11.8 Å². The number of nitrogens with zero attached hydrogens (tertiary/aromatic N) is 2. The van der Waals surface area contributed by atoms with Crippen molar-refractivity contribution in [2.24, 2.45) is 5.73 Å². The summed E-state index contributed by atoms with van der Waals surface area (Å²) in [5.41, 5.74) is 5.81. The van der Waals surface area contributed by atoms with Gasteiger partial charge in [0.1, 0.15) is 0 Å². The van der Waals surface area contributed by atoms with E-state index in [1.807, 2.05) is 6.26 Å². The fraction of sp³-hybridized carbons (Fsp3) is 0.909. The van der Waals surface area contributed by atoms with Gasteiger partial charge in [-0.25, -0.2) is 8.78 Å². The van der Waals surface area contributed by atoms with Crippen LogP contribution in [0.15, 0.2) is 0 Å². The molecule has 2 N–H and O–H groups in total. The van der Waals surface area contributed by atoms with Crippen LogP contribution in [0.5, 0.6) is 0 Å². The molecule has 114 valence electrons. The monoisotopic (exact) mass is 317 g/mol. The van der Waals surface area contributed by atoms with Crippen molar-refractivity contribution in [1.29, 1.82) is 0 Å². The van der Waals surface area contributed by atoms with E-state index in [-0.39, 0.29) is 24.9 Å². The highest BCUT2D eigenvalue weighted by Crippen LogP contribution is 2.08. The summed E-state index contributed by atoms with van der Waals surface area (Å²) in [6, 6.07) is -0.459. The minimum Gasteiger partial charge on any atom is -0.339 e. The first-order valence-corrected chi connectivity index (χ1v) is 7.47. The van der Waals surface area contributed by atoms with Crippen LogP contribution in [-0.4, -0.2) is 72.9 Å². The van der Waals surface area contributed by atoms with E-state index >= 15 is 0 Å². The predicted molar refractivity (Wildman–Crippen MR) is 77.2 cm³/mol. The predicted octanol–water partition coefficient (Wildman–Crippen LogP) is 0.898. The van der Waals surface area contributed by atoms with Crippen LogP contribution in [0.2, 0.25) is 0 Å². The third-order valence-electron chi connectivity index (χ3n) is 3.03. The van der Waals surface area contributed by atoms with Crippen LogP contribution < -0.4 is 5.73 Å². The maximum Gasteiger partial charge on any atom is 0.251 e. The zero-order valence-electron chi connectivity index (χ0n) is 11.1. The lowest BCUT2D eigenvalue weighted by Crippen LogP contribution is -2.53. The van der Waals surface area contributed by atoms with E-state index in [0.29, 0.717) is 32.6 Å². The Morgan fingerprint density at radius 3 is 2.37 bits per heavy atom. The summed E-state index contributed by atoms with van der Waals surface area (Å²) in [5.74, 6) is 0.805. The molecule has 0 bridgehead atoms. The first kappa shape index (κ1) is 18.9. The zero-order chi connectivity index (χ0) is 13.5. The summed E-state index contributed by atoms with van der Waals surface area (Å²) < 4.78 is 24.4. The number of hydrogen-bond donors (Lipinski definition) is 1. The lowest BCUT2D eigenvalue weighted by Gasteiger charge is -2.35. The van der Waals surface area contributed by atoms with Gasteiger partial charge in [0.2, 0.25) is 5.91 Å². The summed E-state index contributed by atoms with van der Waals surface area (Å²) >= 11 is 1.66. The SMILES string of the molecule is CSCC[C@H](N)C(=O)N1CCN(CC(F)F)CC1.Cl. The van der Waals surface area contributed by atoms with Crippen LogP contribution in [0.4, 0.5) is 8.78 Å². The van der Waals surface area contributed by atoms with Gasteiger partial charge in [0.25, 0.3) is 6.43 Å². The van der Waals surface area contributed by atoms with Gasteiger partial charge in [-0.1, -0.05) is 0 Å². The number of carbonyl (C=O) groups is 1. The molecule has 19 heavy (non-hydrogen) atoms. The molecule has 0 aromatic carbocycles. The molecule has 0 aliphatic carbocycles. The number of alkyl halides is 2. The van der Waals surface area contributed by atoms with E-state index in [4.69, 9.17) is 5.73 Å². The van der Waals surface area contributed by atoms with E-state index in [1.54, 1.807) is 21.6 Å². The molecule has 1 fully saturated rings. The quantitative estimate of drug-likeness (QED) is 0.791. The Balaban J connectivity index is 0.00000324. The highest BCUT2D eigenvalue weighted by Gasteiger charge is 2.25. The second kappa shape index (κ2) is 9.74. The van der Waals surface area contributed by atoms with Gasteiger partial charge in [-0.3, -0.25) is 9.69 Å². The van der Waals surface area contributed by atoms with Crippen LogP contribution in [0.3, 0.4) is 0 Å². The van der Waals surface area contributed by atoms with Crippen molar-refractivity contribution in [1.82, 2.24) is 9.80 Å². The molecule has 0 radical (unpaired) electrons. The summed E-state index contributed by atoms with van der Waals surface area (Å²) in [4.78, 5) is 15.3. The molecule has 0 aromatic heterocycles. The summed E-state index contributed by atoms with van der Waals surface area (Å²) in [7, 11) is 0. The topological polar surface area (TPSA) is 49.6 Å². The van der Waals surface area contributed by atoms with Gasteiger partial charge in [-0.05, 0) is 18.4 Å².